The number of anilines is 2. The second-order valence-electron chi connectivity index (χ2n) is 5.86. The van der Waals surface area contributed by atoms with Gasteiger partial charge in [-0.25, -0.2) is 0 Å². The van der Waals surface area contributed by atoms with E-state index in [1.54, 1.807) is 31.2 Å². The molecule has 0 saturated heterocycles. The normalized spacial score (nSPS) is 11.2. The molecule has 0 aliphatic carbocycles. The van der Waals surface area contributed by atoms with Crippen molar-refractivity contribution in [3.63, 3.8) is 0 Å². The summed E-state index contributed by atoms with van der Waals surface area (Å²) >= 11 is 0. The van der Waals surface area contributed by atoms with Gasteiger partial charge in [-0.2, -0.15) is 28.1 Å². The van der Waals surface area contributed by atoms with Crippen molar-refractivity contribution in [2.75, 3.05) is 18.5 Å². The van der Waals surface area contributed by atoms with Gasteiger partial charge in [0, 0.05) is 11.3 Å². The Kier molecular flexibility index (Phi) is 6.16. The van der Waals surface area contributed by atoms with Crippen LogP contribution in [0.15, 0.2) is 48.5 Å². The minimum absolute atomic E-state index is 0.0702. The maximum absolute atomic E-state index is 12.9. The van der Waals surface area contributed by atoms with Gasteiger partial charge in [0.05, 0.1) is 18.8 Å². The van der Waals surface area contributed by atoms with Crippen LogP contribution in [-0.2, 0) is 6.18 Å². The van der Waals surface area contributed by atoms with Crippen LogP contribution in [0.4, 0.5) is 24.8 Å². The molecule has 1 aromatic heterocycles. The van der Waals surface area contributed by atoms with Gasteiger partial charge in [-0.1, -0.05) is 6.07 Å². The molecule has 0 saturated carbocycles. The number of aromatic nitrogens is 3. The average Bonchev–Trinajstić information content (AvgIpc) is 2.68. The van der Waals surface area contributed by atoms with Crippen molar-refractivity contribution in [3.8, 4) is 23.1 Å². The highest BCUT2D eigenvalue weighted by atomic mass is 19.4. The average molecular weight is 404 g/mol. The highest BCUT2D eigenvalue weighted by Gasteiger charge is 2.30. The van der Waals surface area contributed by atoms with E-state index in [1.807, 2.05) is 6.92 Å². The maximum atomic E-state index is 12.9. The zero-order valence-corrected chi connectivity index (χ0v) is 15.8. The van der Waals surface area contributed by atoms with Crippen molar-refractivity contribution >= 4 is 11.6 Å². The van der Waals surface area contributed by atoms with Crippen molar-refractivity contribution in [3.05, 3.63) is 54.1 Å². The Morgan fingerprint density at radius 2 is 1.62 bits per heavy atom. The van der Waals surface area contributed by atoms with E-state index < -0.39 is 11.7 Å². The van der Waals surface area contributed by atoms with Crippen LogP contribution in [0.5, 0.6) is 11.8 Å². The molecule has 2 aromatic carbocycles. The molecule has 29 heavy (non-hydrogen) atoms. The van der Waals surface area contributed by atoms with Gasteiger partial charge in [-0.05, 0) is 56.3 Å². The zero-order valence-electron chi connectivity index (χ0n) is 15.8. The van der Waals surface area contributed by atoms with Gasteiger partial charge >= 0.3 is 12.2 Å². The Morgan fingerprint density at radius 1 is 0.897 bits per heavy atom. The molecule has 1 N–H and O–H groups in total. The molecule has 0 bridgehead atoms. The van der Waals surface area contributed by atoms with Gasteiger partial charge in [0.2, 0.25) is 5.95 Å². The first-order valence-electron chi connectivity index (χ1n) is 8.95. The largest absolute Gasteiger partial charge is 0.494 e. The van der Waals surface area contributed by atoms with Gasteiger partial charge in [0.25, 0.3) is 0 Å². The summed E-state index contributed by atoms with van der Waals surface area (Å²) in [4.78, 5) is 12.7. The van der Waals surface area contributed by atoms with Gasteiger partial charge in [-0.3, -0.25) is 0 Å². The first-order valence-corrected chi connectivity index (χ1v) is 8.95. The fourth-order valence-electron chi connectivity index (χ4n) is 2.50. The number of hydrogen-bond donors (Lipinski definition) is 1. The molecular formula is C20H19F3N4O2. The standard InChI is InChI=1S/C20H19F3N4O2/c1-3-28-16-10-8-13(9-11-16)17-25-18(27-19(26-17)29-4-2)24-15-7-5-6-14(12-15)20(21,22)23/h5-12H,3-4H2,1-2H3,(H,24,25,26,27). The third-order valence-electron chi connectivity index (χ3n) is 3.76. The minimum atomic E-state index is -4.44. The molecule has 1 heterocycles. The topological polar surface area (TPSA) is 69.2 Å². The van der Waals surface area contributed by atoms with Crippen LogP contribution in [0.3, 0.4) is 0 Å². The summed E-state index contributed by atoms with van der Waals surface area (Å²) in [6, 6.07) is 12.0. The summed E-state index contributed by atoms with van der Waals surface area (Å²) in [6.45, 7) is 4.54. The molecule has 3 rings (SSSR count). The monoisotopic (exact) mass is 404 g/mol. The fourth-order valence-corrected chi connectivity index (χ4v) is 2.50. The Morgan fingerprint density at radius 3 is 2.28 bits per heavy atom. The molecule has 9 heteroatoms. The smallest absolute Gasteiger partial charge is 0.416 e. The number of ether oxygens (including phenoxy) is 2. The third kappa shape index (κ3) is 5.34. The molecule has 0 unspecified atom stereocenters. The number of benzene rings is 2. The van der Waals surface area contributed by atoms with Crippen LogP contribution < -0.4 is 14.8 Å². The first kappa shape index (κ1) is 20.4. The molecular weight excluding hydrogens is 385 g/mol. The van der Waals surface area contributed by atoms with Crippen molar-refractivity contribution in [2.45, 2.75) is 20.0 Å². The molecule has 152 valence electrons. The number of alkyl halides is 3. The minimum Gasteiger partial charge on any atom is -0.494 e. The molecule has 0 amide bonds. The van der Waals surface area contributed by atoms with Gasteiger partial charge < -0.3 is 14.8 Å². The van der Waals surface area contributed by atoms with E-state index in [-0.39, 0.29) is 17.6 Å². The van der Waals surface area contributed by atoms with E-state index in [1.165, 1.54) is 12.1 Å². The van der Waals surface area contributed by atoms with E-state index >= 15 is 0 Å². The van der Waals surface area contributed by atoms with E-state index in [4.69, 9.17) is 9.47 Å². The number of halogens is 3. The van der Waals surface area contributed by atoms with Crippen molar-refractivity contribution in [1.29, 1.82) is 0 Å². The van der Waals surface area contributed by atoms with Crippen molar-refractivity contribution in [1.82, 2.24) is 15.0 Å². The van der Waals surface area contributed by atoms with Crippen molar-refractivity contribution in [2.24, 2.45) is 0 Å². The molecule has 3 aromatic rings. The second-order valence-corrected chi connectivity index (χ2v) is 5.86. The summed E-state index contributed by atoms with van der Waals surface area (Å²) in [5.74, 6) is 1.10. The Hall–Kier alpha value is -3.36. The SMILES string of the molecule is CCOc1ccc(-c2nc(Nc3cccc(C(F)(F)F)c3)nc(OCC)n2)cc1. The molecule has 0 aliphatic heterocycles. The third-order valence-corrected chi connectivity index (χ3v) is 3.76. The summed E-state index contributed by atoms with van der Waals surface area (Å²) in [5.41, 5.74) is 0.114. The summed E-state index contributed by atoms with van der Waals surface area (Å²) in [7, 11) is 0. The van der Waals surface area contributed by atoms with Gasteiger partial charge in [0.15, 0.2) is 5.82 Å². The van der Waals surface area contributed by atoms with E-state index in [2.05, 4.69) is 20.3 Å². The lowest BCUT2D eigenvalue weighted by atomic mass is 10.2. The van der Waals surface area contributed by atoms with Crippen LogP contribution in [0.25, 0.3) is 11.4 Å². The zero-order chi connectivity index (χ0) is 20.9. The first-order chi connectivity index (χ1) is 13.9. The summed E-state index contributed by atoms with van der Waals surface area (Å²) in [5, 5.41) is 2.79. The van der Waals surface area contributed by atoms with Crippen LogP contribution in [0, 0.1) is 0 Å². The molecule has 0 fully saturated rings. The number of hydrogen-bond acceptors (Lipinski definition) is 6. The highest BCUT2D eigenvalue weighted by Crippen LogP contribution is 2.31. The number of nitrogens with one attached hydrogen (secondary N) is 1. The van der Waals surface area contributed by atoms with Gasteiger partial charge in [-0.15, -0.1) is 0 Å². The van der Waals surface area contributed by atoms with E-state index in [9.17, 15) is 13.2 Å². The highest BCUT2D eigenvalue weighted by molar-refractivity contribution is 5.60. The quantitative estimate of drug-likeness (QED) is 0.591. The Balaban J connectivity index is 1.93. The lowest BCUT2D eigenvalue weighted by Crippen LogP contribution is -2.07. The van der Waals surface area contributed by atoms with Crippen LogP contribution in [-0.4, -0.2) is 28.2 Å². The molecule has 0 radical (unpaired) electrons. The van der Waals surface area contributed by atoms with Crippen LogP contribution >= 0.6 is 0 Å². The summed E-state index contributed by atoms with van der Waals surface area (Å²) < 4.78 is 49.6. The van der Waals surface area contributed by atoms with Gasteiger partial charge in [0.1, 0.15) is 5.75 Å². The second kappa shape index (κ2) is 8.76. The number of rotatable bonds is 7. The number of nitrogens with zero attached hydrogens (tertiary/aromatic N) is 3. The fraction of sp³-hybridized carbons (Fsp3) is 0.250. The predicted octanol–water partition coefficient (Wildman–Crippen LogP) is 5.10. The predicted molar refractivity (Wildman–Crippen MR) is 102 cm³/mol. The van der Waals surface area contributed by atoms with Crippen LogP contribution in [0.2, 0.25) is 0 Å². The van der Waals surface area contributed by atoms with Crippen LogP contribution in [0.1, 0.15) is 19.4 Å². The van der Waals surface area contributed by atoms with Crippen molar-refractivity contribution < 1.29 is 22.6 Å². The molecule has 0 spiro atoms. The molecule has 6 nitrogen and oxygen atoms in total. The van der Waals surface area contributed by atoms with E-state index in [0.717, 1.165) is 12.1 Å². The Bertz CT molecular complexity index is 963. The maximum Gasteiger partial charge on any atom is 0.416 e. The summed E-state index contributed by atoms with van der Waals surface area (Å²) in [6.07, 6.45) is -4.44. The lowest BCUT2D eigenvalue weighted by Gasteiger charge is -2.11. The lowest BCUT2D eigenvalue weighted by molar-refractivity contribution is -0.137. The Labute approximate surface area is 165 Å². The van der Waals surface area contributed by atoms with E-state index in [0.29, 0.717) is 30.4 Å². The molecule has 0 aliphatic rings. The molecule has 0 atom stereocenters.